The average molecular weight is 331 g/mol. The predicted molar refractivity (Wildman–Crippen MR) is 83.9 cm³/mol. The van der Waals surface area contributed by atoms with Crippen molar-refractivity contribution in [2.24, 2.45) is 0 Å². The van der Waals surface area contributed by atoms with Crippen LogP contribution in [0.25, 0.3) is 0 Å². The molecule has 0 aliphatic heterocycles. The molecular formula is C16H15BrN2O. The van der Waals surface area contributed by atoms with E-state index in [1.54, 1.807) is 18.2 Å². The normalized spacial score (nSPS) is 10.3. The summed E-state index contributed by atoms with van der Waals surface area (Å²) < 4.78 is 6.92. The number of hydrogen-bond acceptors (Lipinski definition) is 3. The molecule has 2 N–H and O–H groups in total. The van der Waals surface area contributed by atoms with Crippen molar-refractivity contribution in [2.45, 2.75) is 19.8 Å². The van der Waals surface area contributed by atoms with Gasteiger partial charge in [0, 0.05) is 4.47 Å². The number of nitrogens with two attached hydrogens (primary N) is 1. The molecular weight excluding hydrogens is 316 g/mol. The third-order valence-corrected chi connectivity index (χ3v) is 3.45. The quantitative estimate of drug-likeness (QED) is 0.821. The fourth-order valence-corrected chi connectivity index (χ4v) is 2.27. The zero-order valence-electron chi connectivity index (χ0n) is 11.4. The first-order valence-electron chi connectivity index (χ1n) is 6.28. The second kappa shape index (κ2) is 5.98. The molecule has 2 aromatic carbocycles. The molecule has 0 aromatic heterocycles. The lowest BCUT2D eigenvalue weighted by atomic mass is 10.0. The van der Waals surface area contributed by atoms with E-state index in [1.807, 2.05) is 18.2 Å². The van der Waals surface area contributed by atoms with Gasteiger partial charge in [-0.2, -0.15) is 5.26 Å². The van der Waals surface area contributed by atoms with Gasteiger partial charge in [0.15, 0.2) is 0 Å². The van der Waals surface area contributed by atoms with Crippen LogP contribution in [-0.2, 0) is 0 Å². The second-order valence-electron chi connectivity index (χ2n) is 4.80. The van der Waals surface area contributed by atoms with Gasteiger partial charge in [-0.1, -0.05) is 29.8 Å². The maximum Gasteiger partial charge on any atom is 0.150 e. The Morgan fingerprint density at radius 3 is 2.45 bits per heavy atom. The first-order valence-corrected chi connectivity index (χ1v) is 7.07. The highest BCUT2D eigenvalue weighted by Crippen LogP contribution is 2.35. The highest BCUT2D eigenvalue weighted by Gasteiger charge is 2.11. The van der Waals surface area contributed by atoms with Crippen molar-refractivity contribution < 1.29 is 4.74 Å². The predicted octanol–water partition coefficient (Wildman–Crippen LogP) is 4.82. The molecule has 0 bridgehead atoms. The number of ether oxygens (including phenoxy) is 1. The third-order valence-electron chi connectivity index (χ3n) is 2.95. The van der Waals surface area contributed by atoms with Crippen LogP contribution in [0.3, 0.4) is 0 Å². The van der Waals surface area contributed by atoms with Gasteiger partial charge >= 0.3 is 0 Å². The van der Waals surface area contributed by atoms with E-state index in [9.17, 15) is 0 Å². The maximum absolute atomic E-state index is 8.84. The molecule has 0 amide bonds. The molecule has 0 radical (unpaired) electrons. The summed E-state index contributed by atoms with van der Waals surface area (Å²) in [4.78, 5) is 0. The van der Waals surface area contributed by atoms with Gasteiger partial charge in [-0.3, -0.25) is 0 Å². The van der Waals surface area contributed by atoms with Crippen LogP contribution in [0.1, 0.15) is 30.9 Å². The smallest absolute Gasteiger partial charge is 0.150 e. The molecule has 20 heavy (non-hydrogen) atoms. The molecule has 3 nitrogen and oxygen atoms in total. The minimum atomic E-state index is 0.335. The molecule has 0 aliphatic carbocycles. The Morgan fingerprint density at radius 1 is 1.15 bits per heavy atom. The molecule has 2 rings (SSSR count). The number of nitriles is 1. The fourth-order valence-electron chi connectivity index (χ4n) is 1.89. The van der Waals surface area contributed by atoms with E-state index in [-0.39, 0.29) is 0 Å². The minimum Gasteiger partial charge on any atom is -0.455 e. The Kier molecular flexibility index (Phi) is 4.31. The average Bonchev–Trinajstić information content (AvgIpc) is 2.42. The molecule has 0 unspecified atom stereocenters. The highest BCUT2D eigenvalue weighted by atomic mass is 79.9. The summed E-state index contributed by atoms with van der Waals surface area (Å²) in [6, 6.07) is 13.0. The molecule has 102 valence electrons. The topological polar surface area (TPSA) is 59.0 Å². The summed E-state index contributed by atoms with van der Waals surface area (Å²) in [6.45, 7) is 4.22. The van der Waals surface area contributed by atoms with Gasteiger partial charge < -0.3 is 10.5 Å². The standard InChI is InChI=1S/C16H15BrN2O/c1-10(2)13-8-12(17)4-6-15(13)20-16-5-3-11(9-18)7-14(16)19/h3-8,10H,19H2,1-2H3. The van der Waals surface area contributed by atoms with Gasteiger partial charge in [-0.25, -0.2) is 0 Å². The first kappa shape index (κ1) is 14.4. The summed E-state index contributed by atoms with van der Waals surface area (Å²) in [5.74, 6) is 1.68. The van der Waals surface area contributed by atoms with Crippen LogP contribution < -0.4 is 10.5 Å². The lowest BCUT2D eigenvalue weighted by Gasteiger charge is -2.15. The van der Waals surface area contributed by atoms with Crippen molar-refractivity contribution in [1.82, 2.24) is 0 Å². The summed E-state index contributed by atoms with van der Waals surface area (Å²) in [5, 5.41) is 8.84. The zero-order valence-corrected chi connectivity index (χ0v) is 12.9. The largest absolute Gasteiger partial charge is 0.455 e. The van der Waals surface area contributed by atoms with E-state index in [4.69, 9.17) is 15.7 Å². The van der Waals surface area contributed by atoms with E-state index >= 15 is 0 Å². The van der Waals surface area contributed by atoms with Gasteiger partial charge in [0.05, 0.1) is 17.3 Å². The summed E-state index contributed by atoms with van der Waals surface area (Å²) in [6.07, 6.45) is 0. The molecule has 4 heteroatoms. The molecule has 0 saturated carbocycles. The highest BCUT2D eigenvalue weighted by molar-refractivity contribution is 9.10. The fraction of sp³-hybridized carbons (Fsp3) is 0.188. The minimum absolute atomic E-state index is 0.335. The summed E-state index contributed by atoms with van der Waals surface area (Å²) in [7, 11) is 0. The maximum atomic E-state index is 8.84. The molecule has 0 aliphatic rings. The van der Waals surface area contributed by atoms with E-state index < -0.39 is 0 Å². The van der Waals surface area contributed by atoms with Gasteiger partial charge in [0.25, 0.3) is 0 Å². The van der Waals surface area contributed by atoms with E-state index in [0.29, 0.717) is 22.9 Å². The number of anilines is 1. The van der Waals surface area contributed by atoms with Crippen LogP contribution in [0.5, 0.6) is 11.5 Å². The van der Waals surface area contributed by atoms with Crippen molar-refractivity contribution >= 4 is 21.6 Å². The number of nitrogens with zero attached hydrogens (tertiary/aromatic N) is 1. The molecule has 0 saturated heterocycles. The van der Waals surface area contributed by atoms with Gasteiger partial charge in [0.1, 0.15) is 11.5 Å². The first-order chi connectivity index (χ1) is 9.51. The molecule has 0 spiro atoms. The zero-order chi connectivity index (χ0) is 14.7. The number of rotatable bonds is 3. The van der Waals surface area contributed by atoms with Crippen LogP contribution in [0.15, 0.2) is 40.9 Å². The lowest BCUT2D eigenvalue weighted by molar-refractivity contribution is 0.475. The Hall–Kier alpha value is -1.99. The Morgan fingerprint density at radius 2 is 1.85 bits per heavy atom. The number of halogens is 1. The van der Waals surface area contributed by atoms with E-state index in [0.717, 1.165) is 15.8 Å². The Balaban J connectivity index is 2.38. The molecule has 0 heterocycles. The van der Waals surface area contributed by atoms with Crippen molar-refractivity contribution in [1.29, 1.82) is 5.26 Å². The van der Waals surface area contributed by atoms with Crippen LogP contribution in [0.4, 0.5) is 5.69 Å². The SMILES string of the molecule is CC(C)c1cc(Br)ccc1Oc1ccc(C#N)cc1N. The summed E-state index contributed by atoms with van der Waals surface area (Å²) in [5.41, 5.74) is 8.00. The van der Waals surface area contributed by atoms with Crippen LogP contribution in [0.2, 0.25) is 0 Å². The van der Waals surface area contributed by atoms with Gasteiger partial charge in [-0.15, -0.1) is 0 Å². The van der Waals surface area contributed by atoms with Crippen LogP contribution >= 0.6 is 15.9 Å². The number of nitrogen functional groups attached to an aromatic ring is 1. The van der Waals surface area contributed by atoms with Crippen molar-refractivity contribution in [3.8, 4) is 17.6 Å². The van der Waals surface area contributed by atoms with Crippen LogP contribution in [-0.4, -0.2) is 0 Å². The molecule has 0 atom stereocenters. The second-order valence-corrected chi connectivity index (χ2v) is 5.72. The van der Waals surface area contributed by atoms with E-state index in [2.05, 4.69) is 35.8 Å². The van der Waals surface area contributed by atoms with Crippen molar-refractivity contribution in [3.63, 3.8) is 0 Å². The Labute approximate surface area is 127 Å². The third kappa shape index (κ3) is 3.12. The van der Waals surface area contributed by atoms with Crippen molar-refractivity contribution in [2.75, 3.05) is 5.73 Å². The molecule has 0 fully saturated rings. The Bertz CT molecular complexity index is 675. The lowest BCUT2D eigenvalue weighted by Crippen LogP contribution is -1.97. The van der Waals surface area contributed by atoms with Gasteiger partial charge in [-0.05, 0) is 47.9 Å². The number of hydrogen-bond donors (Lipinski definition) is 1. The van der Waals surface area contributed by atoms with E-state index in [1.165, 1.54) is 0 Å². The monoisotopic (exact) mass is 330 g/mol. The molecule has 2 aromatic rings. The van der Waals surface area contributed by atoms with Gasteiger partial charge in [0.2, 0.25) is 0 Å². The number of benzene rings is 2. The van der Waals surface area contributed by atoms with Crippen LogP contribution in [0, 0.1) is 11.3 Å². The summed E-state index contributed by atoms with van der Waals surface area (Å²) >= 11 is 3.47. The van der Waals surface area contributed by atoms with Crippen molar-refractivity contribution in [3.05, 3.63) is 52.0 Å².